The molecule has 13 heavy (non-hydrogen) atoms. The third-order valence-electron chi connectivity index (χ3n) is 2.35. The monoisotopic (exact) mass is 179 g/mol. The second kappa shape index (κ2) is 3.48. The summed E-state index contributed by atoms with van der Waals surface area (Å²) >= 11 is 0. The van der Waals surface area contributed by atoms with Crippen LogP contribution in [0.3, 0.4) is 0 Å². The summed E-state index contributed by atoms with van der Waals surface area (Å²) in [5.74, 6) is 0. The van der Waals surface area contributed by atoms with Crippen LogP contribution >= 0.6 is 0 Å². The number of aryl methyl sites for hydroxylation is 2. The van der Waals surface area contributed by atoms with E-state index in [1.165, 1.54) is 5.56 Å². The van der Waals surface area contributed by atoms with Gasteiger partial charge in [-0.3, -0.25) is 5.73 Å². The lowest BCUT2D eigenvalue weighted by atomic mass is 9.98. The van der Waals surface area contributed by atoms with Gasteiger partial charge in [0.1, 0.15) is 5.72 Å². The largest absolute Gasteiger partial charge is 0.360 e. The molecule has 0 radical (unpaired) electrons. The molecule has 72 valence electrons. The molecule has 0 aliphatic heterocycles. The Bertz CT molecular complexity index is 305. The highest BCUT2D eigenvalue weighted by Crippen LogP contribution is 2.22. The number of benzene rings is 1. The van der Waals surface area contributed by atoms with Gasteiger partial charge in [0.25, 0.3) is 0 Å². The minimum atomic E-state index is -0.684. The maximum Gasteiger partial charge on any atom is 0.139 e. The molecule has 0 saturated carbocycles. The summed E-state index contributed by atoms with van der Waals surface area (Å²) in [6.07, 6.45) is 0. The van der Waals surface area contributed by atoms with Gasteiger partial charge in [0.15, 0.2) is 0 Å². The van der Waals surface area contributed by atoms with Crippen LogP contribution in [0.2, 0.25) is 0 Å². The molecule has 0 saturated heterocycles. The molecule has 0 spiro atoms. The molecule has 0 bridgehead atoms. The van der Waals surface area contributed by atoms with Crippen molar-refractivity contribution in [3.63, 3.8) is 0 Å². The van der Waals surface area contributed by atoms with Crippen molar-refractivity contribution in [3.05, 3.63) is 34.9 Å². The van der Waals surface area contributed by atoms with E-state index in [-0.39, 0.29) is 0 Å². The van der Waals surface area contributed by atoms with Gasteiger partial charge in [-0.15, -0.1) is 0 Å². The van der Waals surface area contributed by atoms with Gasteiger partial charge in [-0.1, -0.05) is 23.8 Å². The Morgan fingerprint density at radius 3 is 2.46 bits per heavy atom. The molecule has 1 aromatic carbocycles. The van der Waals surface area contributed by atoms with E-state index < -0.39 is 5.72 Å². The lowest BCUT2D eigenvalue weighted by molar-refractivity contribution is 0.00714. The molecule has 2 heteroatoms. The lowest BCUT2D eigenvalue weighted by Gasteiger charge is -2.25. The zero-order chi connectivity index (χ0) is 10.1. The van der Waals surface area contributed by atoms with Crippen LogP contribution in [0.15, 0.2) is 18.2 Å². The molecule has 0 aliphatic rings. The first-order chi connectivity index (χ1) is 5.97. The van der Waals surface area contributed by atoms with Crippen molar-refractivity contribution in [2.45, 2.75) is 26.5 Å². The van der Waals surface area contributed by atoms with Crippen LogP contribution in [0.4, 0.5) is 0 Å². The standard InChI is InChI=1S/C11H17NO/c1-8-5-6-9(2)10(7-8)11(3,12)13-4/h5-7H,12H2,1-4H3. The average Bonchev–Trinajstić information content (AvgIpc) is 2.09. The van der Waals surface area contributed by atoms with E-state index in [0.717, 1.165) is 11.1 Å². The second-order valence-corrected chi connectivity index (χ2v) is 3.63. The molecule has 0 amide bonds. The number of hydrogen-bond donors (Lipinski definition) is 1. The number of hydrogen-bond acceptors (Lipinski definition) is 2. The van der Waals surface area contributed by atoms with Crippen LogP contribution in [0.5, 0.6) is 0 Å². The SMILES string of the molecule is COC(C)(N)c1cc(C)ccc1C. The predicted molar refractivity (Wildman–Crippen MR) is 54.5 cm³/mol. The Morgan fingerprint density at radius 1 is 1.31 bits per heavy atom. The molecule has 1 aromatic rings. The van der Waals surface area contributed by atoms with Crippen molar-refractivity contribution < 1.29 is 4.74 Å². The maximum atomic E-state index is 5.98. The van der Waals surface area contributed by atoms with Crippen molar-refractivity contribution in [1.29, 1.82) is 0 Å². The summed E-state index contributed by atoms with van der Waals surface area (Å²) in [6.45, 7) is 5.96. The van der Waals surface area contributed by atoms with Crippen LogP contribution in [0.1, 0.15) is 23.6 Å². The Morgan fingerprint density at radius 2 is 1.92 bits per heavy atom. The fourth-order valence-corrected chi connectivity index (χ4v) is 1.38. The highest BCUT2D eigenvalue weighted by molar-refractivity contribution is 5.34. The van der Waals surface area contributed by atoms with Gasteiger partial charge in [0, 0.05) is 12.7 Å². The molecular weight excluding hydrogens is 162 g/mol. The second-order valence-electron chi connectivity index (χ2n) is 3.63. The Kier molecular flexibility index (Phi) is 2.74. The van der Waals surface area contributed by atoms with E-state index in [0.29, 0.717) is 0 Å². The molecular formula is C11H17NO. The molecule has 1 atom stereocenters. The van der Waals surface area contributed by atoms with Crippen LogP contribution < -0.4 is 5.73 Å². The number of nitrogens with two attached hydrogens (primary N) is 1. The van der Waals surface area contributed by atoms with Crippen LogP contribution in [0.25, 0.3) is 0 Å². The summed E-state index contributed by atoms with van der Waals surface area (Å²) in [5.41, 5.74) is 8.72. The maximum absolute atomic E-state index is 5.98. The molecule has 0 aromatic heterocycles. The number of rotatable bonds is 2. The summed E-state index contributed by atoms with van der Waals surface area (Å²) in [6, 6.07) is 6.21. The normalized spacial score (nSPS) is 15.5. The van der Waals surface area contributed by atoms with Gasteiger partial charge < -0.3 is 4.74 Å². The molecule has 2 N–H and O–H groups in total. The van der Waals surface area contributed by atoms with E-state index in [9.17, 15) is 0 Å². The third kappa shape index (κ3) is 2.08. The molecule has 1 unspecified atom stereocenters. The summed E-state index contributed by atoms with van der Waals surface area (Å²) < 4.78 is 5.24. The zero-order valence-electron chi connectivity index (χ0n) is 8.72. The van der Waals surface area contributed by atoms with Crippen LogP contribution in [-0.4, -0.2) is 7.11 Å². The van der Waals surface area contributed by atoms with Crippen molar-refractivity contribution in [2.24, 2.45) is 5.73 Å². The van der Waals surface area contributed by atoms with E-state index in [4.69, 9.17) is 10.5 Å². The van der Waals surface area contributed by atoms with Gasteiger partial charge in [0.2, 0.25) is 0 Å². The average molecular weight is 179 g/mol. The smallest absolute Gasteiger partial charge is 0.139 e. The molecule has 2 nitrogen and oxygen atoms in total. The highest BCUT2D eigenvalue weighted by Gasteiger charge is 2.21. The Hall–Kier alpha value is -0.860. The van der Waals surface area contributed by atoms with Gasteiger partial charge in [-0.2, -0.15) is 0 Å². The van der Waals surface area contributed by atoms with E-state index in [1.807, 2.05) is 13.8 Å². The van der Waals surface area contributed by atoms with Crippen molar-refractivity contribution >= 4 is 0 Å². The van der Waals surface area contributed by atoms with Gasteiger partial charge >= 0.3 is 0 Å². The molecule has 0 heterocycles. The first kappa shape index (κ1) is 10.2. The van der Waals surface area contributed by atoms with Crippen molar-refractivity contribution in [3.8, 4) is 0 Å². The highest BCUT2D eigenvalue weighted by atomic mass is 16.5. The molecule has 0 fully saturated rings. The van der Waals surface area contributed by atoms with Crippen LogP contribution in [-0.2, 0) is 10.5 Å². The lowest BCUT2D eigenvalue weighted by Crippen LogP contribution is -2.35. The number of ether oxygens (including phenoxy) is 1. The quantitative estimate of drug-likeness (QED) is 0.705. The van der Waals surface area contributed by atoms with Gasteiger partial charge in [-0.25, -0.2) is 0 Å². The minimum absolute atomic E-state index is 0.684. The van der Waals surface area contributed by atoms with Crippen LogP contribution in [0, 0.1) is 13.8 Å². The molecule has 1 rings (SSSR count). The van der Waals surface area contributed by atoms with Crippen molar-refractivity contribution in [1.82, 2.24) is 0 Å². The fraction of sp³-hybridized carbons (Fsp3) is 0.455. The predicted octanol–water partition coefficient (Wildman–Crippen LogP) is 2.08. The van der Waals surface area contributed by atoms with E-state index in [1.54, 1.807) is 7.11 Å². The minimum Gasteiger partial charge on any atom is -0.360 e. The topological polar surface area (TPSA) is 35.2 Å². The summed E-state index contributed by atoms with van der Waals surface area (Å²) in [7, 11) is 1.63. The van der Waals surface area contributed by atoms with E-state index in [2.05, 4.69) is 25.1 Å². The summed E-state index contributed by atoms with van der Waals surface area (Å²) in [4.78, 5) is 0. The zero-order valence-corrected chi connectivity index (χ0v) is 8.72. The Labute approximate surface area is 79.7 Å². The third-order valence-corrected chi connectivity index (χ3v) is 2.35. The van der Waals surface area contributed by atoms with Crippen molar-refractivity contribution in [2.75, 3.05) is 7.11 Å². The summed E-state index contributed by atoms with van der Waals surface area (Å²) in [5, 5.41) is 0. The van der Waals surface area contributed by atoms with Gasteiger partial charge in [-0.05, 0) is 26.3 Å². The molecule has 0 aliphatic carbocycles. The number of methoxy groups -OCH3 is 1. The Balaban J connectivity index is 3.20. The fourth-order valence-electron chi connectivity index (χ4n) is 1.38. The first-order valence-electron chi connectivity index (χ1n) is 4.39. The van der Waals surface area contributed by atoms with E-state index >= 15 is 0 Å². The van der Waals surface area contributed by atoms with Gasteiger partial charge in [0.05, 0.1) is 0 Å². The first-order valence-corrected chi connectivity index (χ1v) is 4.39.